The molecule has 1 aromatic rings. The van der Waals surface area contributed by atoms with Gasteiger partial charge < -0.3 is 19.5 Å². The highest BCUT2D eigenvalue weighted by Crippen LogP contribution is 2.64. The van der Waals surface area contributed by atoms with Crippen LogP contribution in [0.4, 0.5) is 4.79 Å². The van der Waals surface area contributed by atoms with Gasteiger partial charge in [0.25, 0.3) is 0 Å². The van der Waals surface area contributed by atoms with Gasteiger partial charge in [0, 0.05) is 18.0 Å². The molecule has 1 aromatic carbocycles. The lowest BCUT2D eigenvalue weighted by Crippen LogP contribution is -2.76. The summed E-state index contributed by atoms with van der Waals surface area (Å²) in [4.78, 5) is 31.9. The molecule has 2 bridgehead atoms. The molecular weight excluding hydrogens is 364 g/mol. The Kier molecular flexibility index (Phi) is 3.78. The minimum atomic E-state index is -1.04. The molecule has 2 fully saturated rings. The minimum Gasteiger partial charge on any atom is -0.477 e. The first kappa shape index (κ1) is 17.9. The molecule has 1 amide bonds. The molecule has 0 radical (unpaired) electrons. The number of aliphatic hydroxyl groups is 1. The average molecular weight is 388 g/mol. The summed E-state index contributed by atoms with van der Waals surface area (Å²) in [6.45, 7) is 2.83. The zero-order valence-electron chi connectivity index (χ0n) is 16.0. The van der Waals surface area contributed by atoms with Crippen LogP contribution in [0.1, 0.15) is 37.3 Å². The number of hydroxylamine groups is 1. The summed E-state index contributed by atoms with van der Waals surface area (Å²) in [7, 11) is 2.03. The number of hydrogen-bond donors (Lipinski definition) is 2. The van der Waals surface area contributed by atoms with Gasteiger partial charge in [-0.05, 0) is 51.4 Å². The van der Waals surface area contributed by atoms with Crippen molar-refractivity contribution in [1.82, 2.24) is 10.4 Å². The number of nitrogens with zero attached hydrogens (tertiary/aromatic N) is 1. The second-order valence-electron chi connectivity index (χ2n) is 8.16. The van der Waals surface area contributed by atoms with E-state index < -0.39 is 23.2 Å². The third-order valence-electron chi connectivity index (χ3n) is 7.01. The molecular formula is C20H24N2O6. The molecule has 1 saturated heterocycles. The van der Waals surface area contributed by atoms with Crippen LogP contribution in [0.25, 0.3) is 0 Å². The van der Waals surface area contributed by atoms with Crippen molar-refractivity contribution in [2.45, 2.75) is 55.8 Å². The number of carbonyl (C=O) groups excluding carboxylic acids is 2. The van der Waals surface area contributed by atoms with Crippen LogP contribution in [0.3, 0.4) is 0 Å². The number of Topliss-reactive ketones (excluding diaryl/α,β-unsaturated/α-hetero) is 1. The molecule has 4 aliphatic rings. The van der Waals surface area contributed by atoms with Crippen molar-refractivity contribution >= 4 is 11.9 Å². The fourth-order valence-corrected chi connectivity index (χ4v) is 5.86. The maximum Gasteiger partial charge on any atom is 0.436 e. The van der Waals surface area contributed by atoms with E-state index in [0.717, 1.165) is 17.7 Å². The van der Waals surface area contributed by atoms with Crippen LogP contribution in [0.15, 0.2) is 12.1 Å². The Labute approximate surface area is 162 Å². The highest BCUT2D eigenvalue weighted by Gasteiger charge is 2.72. The van der Waals surface area contributed by atoms with Crippen molar-refractivity contribution < 1.29 is 29.0 Å². The highest BCUT2D eigenvalue weighted by atomic mass is 16.7. The molecule has 0 aromatic heterocycles. The number of hydrogen-bond acceptors (Lipinski definition) is 7. The van der Waals surface area contributed by atoms with E-state index >= 15 is 0 Å². The molecule has 2 aliphatic heterocycles. The second-order valence-corrected chi connectivity index (χ2v) is 8.16. The van der Waals surface area contributed by atoms with Crippen LogP contribution in [0, 0.1) is 0 Å². The quantitative estimate of drug-likeness (QED) is 0.748. The molecule has 2 heterocycles. The summed E-state index contributed by atoms with van der Waals surface area (Å²) >= 11 is 0. The van der Waals surface area contributed by atoms with E-state index in [1.807, 2.05) is 13.1 Å². The van der Waals surface area contributed by atoms with Crippen LogP contribution >= 0.6 is 0 Å². The minimum absolute atomic E-state index is 0.00162. The van der Waals surface area contributed by atoms with E-state index in [0.29, 0.717) is 31.6 Å². The van der Waals surface area contributed by atoms with E-state index in [1.165, 1.54) is 0 Å². The summed E-state index contributed by atoms with van der Waals surface area (Å²) in [6.07, 6.45) is 0.519. The number of amides is 1. The molecule has 1 spiro atoms. The molecule has 1 saturated carbocycles. The van der Waals surface area contributed by atoms with Crippen LogP contribution in [0.2, 0.25) is 0 Å². The number of ether oxygens (including phenoxy) is 2. The van der Waals surface area contributed by atoms with Crippen molar-refractivity contribution in [3.8, 4) is 11.5 Å². The Balaban J connectivity index is 1.65. The smallest absolute Gasteiger partial charge is 0.436 e. The van der Waals surface area contributed by atoms with E-state index in [4.69, 9.17) is 14.3 Å². The normalized spacial score (nSPS) is 35.2. The van der Waals surface area contributed by atoms with Gasteiger partial charge in [-0.2, -0.15) is 5.48 Å². The Morgan fingerprint density at radius 1 is 1.43 bits per heavy atom. The fraction of sp³-hybridized carbons (Fsp3) is 0.600. The lowest BCUT2D eigenvalue weighted by atomic mass is 9.49. The zero-order chi connectivity index (χ0) is 19.7. The molecule has 2 aliphatic carbocycles. The molecule has 8 heteroatoms. The summed E-state index contributed by atoms with van der Waals surface area (Å²) in [6, 6.07) is 3.55. The summed E-state index contributed by atoms with van der Waals surface area (Å²) in [5.74, 6) is 0.653. The maximum absolute atomic E-state index is 12.8. The van der Waals surface area contributed by atoms with Gasteiger partial charge in [0.15, 0.2) is 23.4 Å². The number of piperidine rings is 1. The third-order valence-corrected chi connectivity index (χ3v) is 7.01. The largest absolute Gasteiger partial charge is 0.477 e. The average Bonchev–Trinajstić information content (AvgIpc) is 3.03. The zero-order valence-corrected chi connectivity index (χ0v) is 16.0. The van der Waals surface area contributed by atoms with E-state index in [9.17, 15) is 14.7 Å². The number of rotatable bonds is 3. The van der Waals surface area contributed by atoms with Gasteiger partial charge in [-0.3, -0.25) is 9.63 Å². The first-order chi connectivity index (χ1) is 13.4. The van der Waals surface area contributed by atoms with Gasteiger partial charge in [0.1, 0.15) is 0 Å². The Bertz CT molecular complexity index is 872. The summed E-state index contributed by atoms with van der Waals surface area (Å²) in [5.41, 5.74) is 2.27. The number of ketones is 1. The second kappa shape index (κ2) is 5.92. The number of benzene rings is 1. The topological polar surface area (TPSA) is 97.3 Å². The molecule has 2 N–H and O–H groups in total. The monoisotopic (exact) mass is 388 g/mol. The van der Waals surface area contributed by atoms with E-state index in [1.54, 1.807) is 13.0 Å². The van der Waals surface area contributed by atoms with Crippen molar-refractivity contribution in [3.63, 3.8) is 0 Å². The number of likely N-dealkylation sites (N-methyl/N-ethyl adjacent to an activating group) is 1. The molecule has 28 heavy (non-hydrogen) atoms. The first-order valence-corrected chi connectivity index (χ1v) is 9.80. The molecule has 8 nitrogen and oxygen atoms in total. The van der Waals surface area contributed by atoms with Gasteiger partial charge in [-0.1, -0.05) is 6.07 Å². The predicted molar refractivity (Wildman–Crippen MR) is 97.3 cm³/mol. The van der Waals surface area contributed by atoms with Crippen LogP contribution in [-0.4, -0.2) is 59.8 Å². The van der Waals surface area contributed by atoms with Gasteiger partial charge in [-0.15, -0.1) is 0 Å². The van der Waals surface area contributed by atoms with Gasteiger partial charge in [0.05, 0.1) is 17.6 Å². The Morgan fingerprint density at radius 2 is 2.25 bits per heavy atom. The van der Waals surface area contributed by atoms with Crippen molar-refractivity contribution in [3.05, 3.63) is 23.3 Å². The standard InChI is InChI=1S/C20H24N2O6/c1-3-26-21-18(24)27-13-5-4-11-10-14-20(25)7-6-12(23)17-19(20,8-9-22(14)2)15(11)16(13)28-17/h4-5,14,17,25H,3,6-10H2,1-2H3,(H,21,24)/t14-,17+,19+,20-/m1/s1. The molecule has 0 unspecified atom stereocenters. The molecule has 4 atom stereocenters. The van der Waals surface area contributed by atoms with Crippen molar-refractivity contribution in [2.24, 2.45) is 0 Å². The van der Waals surface area contributed by atoms with Gasteiger partial charge >= 0.3 is 6.09 Å². The van der Waals surface area contributed by atoms with Crippen LogP contribution in [-0.2, 0) is 21.5 Å². The van der Waals surface area contributed by atoms with Gasteiger partial charge in [-0.25, -0.2) is 4.79 Å². The first-order valence-electron chi connectivity index (χ1n) is 9.80. The van der Waals surface area contributed by atoms with Crippen molar-refractivity contribution in [2.75, 3.05) is 20.2 Å². The summed E-state index contributed by atoms with van der Waals surface area (Å²) < 4.78 is 11.6. The highest BCUT2D eigenvalue weighted by molar-refractivity contribution is 5.90. The molecule has 5 rings (SSSR count). The lowest BCUT2D eigenvalue weighted by molar-refractivity contribution is -0.185. The lowest BCUT2D eigenvalue weighted by Gasteiger charge is -2.61. The fourth-order valence-electron chi connectivity index (χ4n) is 5.86. The SMILES string of the molecule is CCONC(=O)Oc1ccc2c3c1O[C@H]1C(=O)CC[C@@]4(O)[C@@H](C2)N(C)CC[C@]314. The van der Waals surface area contributed by atoms with Crippen LogP contribution in [0.5, 0.6) is 11.5 Å². The maximum atomic E-state index is 12.8. The summed E-state index contributed by atoms with van der Waals surface area (Å²) in [5, 5.41) is 11.9. The van der Waals surface area contributed by atoms with E-state index in [2.05, 4.69) is 10.4 Å². The molecule has 150 valence electrons. The van der Waals surface area contributed by atoms with Crippen LogP contribution < -0.4 is 15.0 Å². The number of nitrogens with one attached hydrogen (secondary N) is 1. The Morgan fingerprint density at radius 3 is 3.04 bits per heavy atom. The van der Waals surface area contributed by atoms with Gasteiger partial charge in [0.2, 0.25) is 0 Å². The van der Waals surface area contributed by atoms with Crippen molar-refractivity contribution in [1.29, 1.82) is 0 Å². The number of carbonyl (C=O) groups is 2. The Hall–Kier alpha value is -2.16. The van der Waals surface area contributed by atoms with E-state index in [-0.39, 0.29) is 24.0 Å². The number of likely N-dealkylation sites (tertiary alicyclic amines) is 1. The third kappa shape index (κ3) is 2.05. The predicted octanol–water partition coefficient (Wildman–Crippen LogP) is 1.08.